The number of fused-ring (bicyclic) bond motifs is 1. The molecular formula is C20H29NO5. The maximum atomic E-state index is 12.5. The van der Waals surface area contributed by atoms with Crippen molar-refractivity contribution in [1.82, 2.24) is 4.90 Å². The maximum absolute atomic E-state index is 12.5. The fourth-order valence-corrected chi connectivity index (χ4v) is 5.13. The molecule has 6 nitrogen and oxygen atoms in total. The van der Waals surface area contributed by atoms with Crippen LogP contribution >= 0.6 is 0 Å². The number of phenolic OH excluding ortho intramolecular Hbond substituents is 1. The van der Waals surface area contributed by atoms with Crippen LogP contribution in [0.1, 0.15) is 44.2 Å². The molecule has 1 heterocycles. The van der Waals surface area contributed by atoms with Gasteiger partial charge in [-0.25, -0.2) is 0 Å². The number of piperidine rings is 1. The number of nitrogens with zero attached hydrogens (tertiary/aromatic N) is 1. The van der Waals surface area contributed by atoms with E-state index in [-0.39, 0.29) is 30.4 Å². The largest absolute Gasteiger partial charge is 0.504 e. The molecule has 1 aliphatic heterocycles. The highest BCUT2D eigenvalue weighted by Gasteiger charge is 2.65. The molecular weight excluding hydrogens is 334 g/mol. The van der Waals surface area contributed by atoms with Gasteiger partial charge in [-0.3, -0.25) is 4.79 Å². The van der Waals surface area contributed by atoms with Gasteiger partial charge in [0, 0.05) is 29.9 Å². The molecule has 0 radical (unpaired) electrons. The predicted molar refractivity (Wildman–Crippen MR) is 97.6 cm³/mol. The van der Waals surface area contributed by atoms with Crippen LogP contribution in [0.15, 0.2) is 12.1 Å². The van der Waals surface area contributed by atoms with Crippen molar-refractivity contribution < 1.29 is 24.9 Å². The second kappa shape index (κ2) is 6.51. The lowest BCUT2D eigenvalue weighted by atomic mass is 9.52. The van der Waals surface area contributed by atoms with E-state index >= 15 is 0 Å². The zero-order valence-corrected chi connectivity index (χ0v) is 16.0. The number of hydrogen-bond acceptors (Lipinski definition) is 6. The molecule has 1 aromatic rings. The Morgan fingerprint density at radius 3 is 2.69 bits per heavy atom. The molecule has 144 valence electrons. The first kappa shape index (κ1) is 19.1. The number of carbonyl (C=O) groups is 1. The summed E-state index contributed by atoms with van der Waals surface area (Å²) in [5, 5.41) is 33.6. The fraction of sp³-hybridized carbons (Fsp3) is 0.650. The number of ether oxygens (including phenoxy) is 1. The smallest absolute Gasteiger partial charge is 0.161 e. The molecule has 4 atom stereocenters. The molecule has 1 saturated carbocycles. The number of benzene rings is 1. The van der Waals surface area contributed by atoms with Gasteiger partial charge in [0.15, 0.2) is 11.5 Å². The lowest BCUT2D eigenvalue weighted by Crippen LogP contribution is -2.74. The Bertz CT molecular complexity index is 720. The lowest BCUT2D eigenvalue weighted by Gasteiger charge is -2.60. The number of rotatable bonds is 3. The highest BCUT2D eigenvalue weighted by Crippen LogP contribution is 2.57. The molecule has 0 aromatic heterocycles. The topological polar surface area (TPSA) is 90.2 Å². The summed E-state index contributed by atoms with van der Waals surface area (Å²) in [7, 11) is 3.38. The van der Waals surface area contributed by atoms with Crippen molar-refractivity contribution in [2.45, 2.75) is 62.7 Å². The van der Waals surface area contributed by atoms with E-state index in [1.807, 2.05) is 31.9 Å². The number of phenols is 1. The summed E-state index contributed by atoms with van der Waals surface area (Å²) < 4.78 is 5.30. The molecule has 3 rings (SSSR count). The lowest BCUT2D eigenvalue weighted by molar-refractivity contribution is -0.205. The molecule has 0 spiro atoms. The van der Waals surface area contributed by atoms with E-state index in [1.165, 1.54) is 7.11 Å². The van der Waals surface area contributed by atoms with Crippen LogP contribution in [0.3, 0.4) is 0 Å². The van der Waals surface area contributed by atoms with Gasteiger partial charge in [0.05, 0.1) is 13.2 Å². The summed E-state index contributed by atoms with van der Waals surface area (Å²) in [6, 6.07) is 3.21. The molecule has 1 aliphatic carbocycles. The summed E-state index contributed by atoms with van der Waals surface area (Å²) in [5.41, 5.74) is -1.17. The van der Waals surface area contributed by atoms with Gasteiger partial charge in [-0.05, 0) is 45.0 Å². The van der Waals surface area contributed by atoms with E-state index in [9.17, 15) is 20.1 Å². The number of carbonyl (C=O) groups excluding carboxylic acids is 1. The average Bonchev–Trinajstić information content (AvgIpc) is 2.61. The van der Waals surface area contributed by atoms with Crippen LogP contribution in [0.2, 0.25) is 0 Å². The van der Waals surface area contributed by atoms with Crippen LogP contribution in [0.5, 0.6) is 11.5 Å². The van der Waals surface area contributed by atoms with Crippen molar-refractivity contribution >= 4 is 5.78 Å². The third kappa shape index (κ3) is 2.39. The van der Waals surface area contributed by atoms with Crippen LogP contribution < -0.4 is 4.74 Å². The molecule has 26 heavy (non-hydrogen) atoms. The van der Waals surface area contributed by atoms with E-state index in [0.717, 1.165) is 5.56 Å². The number of aliphatic hydroxyl groups is 2. The Morgan fingerprint density at radius 2 is 2.08 bits per heavy atom. The van der Waals surface area contributed by atoms with Crippen LogP contribution in [0.4, 0.5) is 0 Å². The first-order chi connectivity index (χ1) is 12.2. The van der Waals surface area contributed by atoms with Crippen molar-refractivity contribution in [3.8, 4) is 11.5 Å². The molecule has 4 unspecified atom stereocenters. The number of ketones is 1. The van der Waals surface area contributed by atoms with Crippen molar-refractivity contribution in [2.75, 3.05) is 20.7 Å². The molecule has 0 amide bonds. The summed E-state index contributed by atoms with van der Waals surface area (Å²) >= 11 is 0. The number of aliphatic hydroxyl groups excluding tert-OH is 1. The summed E-state index contributed by atoms with van der Waals surface area (Å²) in [5.74, 6) is 0.181. The van der Waals surface area contributed by atoms with Crippen molar-refractivity contribution in [1.29, 1.82) is 0 Å². The standard InChI is InChI=1S/C20H29NO5/c1-5-13-6-7-15(26-4)18(24)17(13)19-8-9-21(3)12(2)20(19,25)16(23)10-14(22)11-19/h6-7,12,16,23-25H,5,8-11H2,1-4H3. The van der Waals surface area contributed by atoms with E-state index in [1.54, 1.807) is 6.07 Å². The van der Waals surface area contributed by atoms with Gasteiger partial charge in [0.25, 0.3) is 0 Å². The Kier molecular flexibility index (Phi) is 4.80. The third-order valence-corrected chi connectivity index (χ3v) is 6.69. The fourth-order valence-electron chi connectivity index (χ4n) is 5.13. The van der Waals surface area contributed by atoms with Gasteiger partial charge in [-0.1, -0.05) is 13.0 Å². The summed E-state index contributed by atoms with van der Waals surface area (Å²) in [4.78, 5) is 14.5. The first-order valence-electron chi connectivity index (χ1n) is 9.24. The predicted octanol–water partition coefficient (Wildman–Crippen LogP) is 1.38. The van der Waals surface area contributed by atoms with Crippen molar-refractivity contribution in [2.24, 2.45) is 0 Å². The highest BCUT2D eigenvalue weighted by molar-refractivity contribution is 5.83. The number of Topliss-reactive ketones (excluding diaryl/α,β-unsaturated/α-hetero) is 1. The minimum atomic E-state index is -1.54. The normalized spacial score (nSPS) is 35.2. The average molecular weight is 363 g/mol. The van der Waals surface area contributed by atoms with Gasteiger partial charge in [0.1, 0.15) is 11.4 Å². The monoisotopic (exact) mass is 363 g/mol. The second-order valence-electron chi connectivity index (χ2n) is 7.75. The van der Waals surface area contributed by atoms with E-state index in [4.69, 9.17) is 4.74 Å². The Labute approximate surface area is 154 Å². The second-order valence-corrected chi connectivity index (χ2v) is 7.75. The van der Waals surface area contributed by atoms with E-state index in [2.05, 4.69) is 0 Å². The zero-order chi connectivity index (χ0) is 19.3. The zero-order valence-electron chi connectivity index (χ0n) is 16.0. The van der Waals surface area contributed by atoms with E-state index in [0.29, 0.717) is 30.7 Å². The number of aromatic hydroxyl groups is 1. The number of likely N-dealkylation sites (N-methyl/N-ethyl adjacent to an activating group) is 1. The Balaban J connectivity index is 2.33. The minimum Gasteiger partial charge on any atom is -0.504 e. The van der Waals surface area contributed by atoms with Crippen LogP contribution in [-0.4, -0.2) is 64.5 Å². The van der Waals surface area contributed by atoms with Crippen LogP contribution in [0.25, 0.3) is 0 Å². The molecule has 1 saturated heterocycles. The third-order valence-electron chi connectivity index (χ3n) is 6.69. The molecule has 6 heteroatoms. The Hall–Kier alpha value is -1.63. The number of aryl methyl sites for hydroxylation is 1. The van der Waals surface area contributed by atoms with Gasteiger partial charge >= 0.3 is 0 Å². The molecule has 0 bridgehead atoms. The summed E-state index contributed by atoms with van der Waals surface area (Å²) in [6.07, 6.45) is -0.0355. The number of likely N-dealkylation sites (tertiary alicyclic amines) is 1. The summed E-state index contributed by atoms with van der Waals surface area (Å²) in [6.45, 7) is 4.50. The molecule has 2 aliphatic rings. The maximum Gasteiger partial charge on any atom is 0.161 e. The van der Waals surface area contributed by atoms with Gasteiger partial charge in [0.2, 0.25) is 0 Å². The molecule has 1 aromatic carbocycles. The van der Waals surface area contributed by atoms with Crippen LogP contribution in [-0.2, 0) is 16.6 Å². The first-order valence-corrected chi connectivity index (χ1v) is 9.24. The van der Waals surface area contributed by atoms with Crippen LogP contribution in [0, 0.1) is 0 Å². The van der Waals surface area contributed by atoms with Gasteiger partial charge in [-0.15, -0.1) is 0 Å². The quantitative estimate of drug-likeness (QED) is 0.752. The van der Waals surface area contributed by atoms with Gasteiger partial charge < -0.3 is 25.0 Å². The van der Waals surface area contributed by atoms with Crippen molar-refractivity contribution in [3.63, 3.8) is 0 Å². The minimum absolute atomic E-state index is 0.0380. The molecule has 3 N–H and O–H groups in total. The SMILES string of the molecule is CCc1ccc(OC)c(O)c1C12CCN(C)C(C)C1(O)C(O)CC(=O)C2. The van der Waals surface area contributed by atoms with Gasteiger partial charge in [-0.2, -0.15) is 0 Å². The number of hydrogen-bond donors (Lipinski definition) is 3. The Morgan fingerprint density at radius 1 is 1.38 bits per heavy atom. The van der Waals surface area contributed by atoms with E-state index < -0.39 is 17.1 Å². The van der Waals surface area contributed by atoms with Crippen molar-refractivity contribution in [3.05, 3.63) is 23.3 Å². The molecule has 2 fully saturated rings. The number of methoxy groups -OCH3 is 1. The highest BCUT2D eigenvalue weighted by atomic mass is 16.5.